The Morgan fingerprint density at radius 1 is 1.53 bits per heavy atom. The highest BCUT2D eigenvalue weighted by Crippen LogP contribution is 2.49. The maximum absolute atomic E-state index is 11.1. The van der Waals surface area contributed by atoms with Crippen LogP contribution in [-0.2, 0) is 10.2 Å². The van der Waals surface area contributed by atoms with Crippen molar-refractivity contribution in [1.82, 2.24) is 5.32 Å². The molecule has 1 aromatic carbocycles. The van der Waals surface area contributed by atoms with Gasteiger partial charge in [0.25, 0.3) is 0 Å². The fourth-order valence-electron chi connectivity index (χ4n) is 3.33. The van der Waals surface area contributed by atoms with Gasteiger partial charge in [-0.25, -0.2) is 0 Å². The monoisotopic (exact) mass is 232 g/mol. The summed E-state index contributed by atoms with van der Waals surface area (Å²) in [5.41, 5.74) is 2.36. The number of aliphatic carboxylic acids is 1. The van der Waals surface area contributed by atoms with E-state index in [0.717, 1.165) is 0 Å². The van der Waals surface area contributed by atoms with Gasteiger partial charge in [-0.2, -0.15) is 0 Å². The standard InChI is InChI=1S/C13H16N2O2/c1-13-7-9(11(16)17)14-12(13)15(2)10-6-4-3-5-8(10)13/h3-6,9,12,14H,7H2,1-2H3,(H,16,17)/t9-,12+,13-/m0/s1. The number of fused-ring (bicyclic) bond motifs is 3. The smallest absolute Gasteiger partial charge is 0.320 e. The highest BCUT2D eigenvalue weighted by molar-refractivity contribution is 5.76. The molecule has 2 heterocycles. The van der Waals surface area contributed by atoms with Crippen molar-refractivity contribution in [2.75, 3.05) is 11.9 Å². The van der Waals surface area contributed by atoms with E-state index in [1.165, 1.54) is 11.3 Å². The molecule has 90 valence electrons. The van der Waals surface area contributed by atoms with Crippen LogP contribution in [-0.4, -0.2) is 30.3 Å². The molecule has 3 rings (SSSR count). The van der Waals surface area contributed by atoms with Crippen molar-refractivity contribution in [3.63, 3.8) is 0 Å². The molecule has 0 aliphatic carbocycles. The number of carboxylic acids is 1. The predicted molar refractivity (Wildman–Crippen MR) is 65.2 cm³/mol. The summed E-state index contributed by atoms with van der Waals surface area (Å²) >= 11 is 0. The van der Waals surface area contributed by atoms with Crippen LogP contribution < -0.4 is 10.2 Å². The van der Waals surface area contributed by atoms with Crippen molar-refractivity contribution in [3.05, 3.63) is 29.8 Å². The minimum Gasteiger partial charge on any atom is -0.480 e. The van der Waals surface area contributed by atoms with Crippen LogP contribution in [0.25, 0.3) is 0 Å². The summed E-state index contributed by atoms with van der Waals surface area (Å²) in [6, 6.07) is 7.80. The molecule has 2 aliphatic heterocycles. The number of carbonyl (C=O) groups is 1. The van der Waals surface area contributed by atoms with Crippen LogP contribution in [0.3, 0.4) is 0 Å². The number of likely N-dealkylation sites (N-methyl/N-ethyl adjacent to an activating group) is 1. The quantitative estimate of drug-likeness (QED) is 0.763. The highest BCUT2D eigenvalue weighted by atomic mass is 16.4. The number of rotatable bonds is 1. The first-order valence-corrected chi connectivity index (χ1v) is 5.85. The molecule has 1 fully saturated rings. The maximum Gasteiger partial charge on any atom is 0.320 e. The van der Waals surface area contributed by atoms with Gasteiger partial charge in [-0.05, 0) is 18.1 Å². The summed E-state index contributed by atoms with van der Waals surface area (Å²) in [6.07, 6.45) is 0.731. The average molecular weight is 232 g/mol. The van der Waals surface area contributed by atoms with Gasteiger partial charge in [-0.3, -0.25) is 10.1 Å². The Balaban J connectivity index is 2.07. The molecule has 17 heavy (non-hydrogen) atoms. The van der Waals surface area contributed by atoms with Crippen molar-refractivity contribution < 1.29 is 9.90 Å². The zero-order valence-electron chi connectivity index (χ0n) is 9.97. The van der Waals surface area contributed by atoms with Crippen molar-refractivity contribution >= 4 is 11.7 Å². The molecule has 1 aromatic rings. The van der Waals surface area contributed by atoms with E-state index in [1.54, 1.807) is 0 Å². The fourth-order valence-corrected chi connectivity index (χ4v) is 3.33. The lowest BCUT2D eigenvalue weighted by atomic mass is 9.80. The summed E-state index contributed by atoms with van der Waals surface area (Å²) in [6.45, 7) is 2.15. The van der Waals surface area contributed by atoms with Crippen LogP contribution in [0.2, 0.25) is 0 Å². The Kier molecular flexibility index (Phi) is 2.01. The molecule has 2 N–H and O–H groups in total. The summed E-state index contributed by atoms with van der Waals surface area (Å²) < 4.78 is 0. The number of carboxylic acid groups (broad SMARTS) is 1. The van der Waals surface area contributed by atoms with E-state index in [1.807, 2.05) is 19.2 Å². The number of hydrogen-bond donors (Lipinski definition) is 2. The Morgan fingerprint density at radius 3 is 2.94 bits per heavy atom. The van der Waals surface area contributed by atoms with Gasteiger partial charge in [-0.1, -0.05) is 25.1 Å². The molecule has 0 bridgehead atoms. The van der Waals surface area contributed by atoms with E-state index in [2.05, 4.69) is 29.3 Å². The molecule has 3 atom stereocenters. The normalized spacial score (nSPS) is 34.6. The number of hydrogen-bond acceptors (Lipinski definition) is 3. The fraction of sp³-hybridized carbons (Fsp3) is 0.462. The number of benzene rings is 1. The summed E-state index contributed by atoms with van der Waals surface area (Å²) in [5.74, 6) is -0.758. The van der Waals surface area contributed by atoms with Gasteiger partial charge in [0.2, 0.25) is 0 Å². The maximum atomic E-state index is 11.1. The van der Waals surface area contributed by atoms with Gasteiger partial charge >= 0.3 is 5.97 Å². The van der Waals surface area contributed by atoms with Crippen LogP contribution in [0.1, 0.15) is 18.9 Å². The minimum absolute atomic E-state index is 0.0843. The Hall–Kier alpha value is -1.55. The molecule has 0 radical (unpaired) electrons. The van der Waals surface area contributed by atoms with E-state index < -0.39 is 12.0 Å². The zero-order valence-corrected chi connectivity index (χ0v) is 9.97. The number of nitrogens with zero attached hydrogens (tertiary/aromatic N) is 1. The number of anilines is 1. The Labute approximate surface area is 100 Å². The molecule has 0 spiro atoms. The van der Waals surface area contributed by atoms with Crippen LogP contribution in [0.15, 0.2) is 24.3 Å². The van der Waals surface area contributed by atoms with Gasteiger partial charge in [0.15, 0.2) is 0 Å². The molecule has 1 saturated heterocycles. The Morgan fingerprint density at radius 2 is 2.24 bits per heavy atom. The highest BCUT2D eigenvalue weighted by Gasteiger charge is 2.54. The van der Waals surface area contributed by atoms with Crippen LogP contribution >= 0.6 is 0 Å². The lowest BCUT2D eigenvalue weighted by Crippen LogP contribution is -2.47. The van der Waals surface area contributed by atoms with Gasteiger partial charge < -0.3 is 10.0 Å². The van der Waals surface area contributed by atoms with Gasteiger partial charge in [0, 0.05) is 18.2 Å². The first kappa shape index (κ1) is 10.6. The van der Waals surface area contributed by atoms with E-state index in [0.29, 0.717) is 6.42 Å². The minimum atomic E-state index is -0.758. The van der Waals surface area contributed by atoms with Crippen molar-refractivity contribution in [3.8, 4) is 0 Å². The van der Waals surface area contributed by atoms with E-state index >= 15 is 0 Å². The lowest BCUT2D eigenvalue weighted by molar-refractivity contribution is -0.139. The molecule has 0 saturated carbocycles. The van der Waals surface area contributed by atoms with Gasteiger partial charge in [0.05, 0.1) is 6.17 Å². The zero-order chi connectivity index (χ0) is 12.2. The predicted octanol–water partition coefficient (Wildman–Crippen LogP) is 1.17. The molecule has 4 heteroatoms. The molecule has 0 aromatic heterocycles. The first-order chi connectivity index (χ1) is 8.04. The SMILES string of the molecule is CN1c2ccccc2[C@]2(C)C[C@@H](C(=O)O)N[C@H]12. The van der Waals surface area contributed by atoms with Crippen LogP contribution in [0.5, 0.6) is 0 Å². The van der Waals surface area contributed by atoms with E-state index in [-0.39, 0.29) is 11.6 Å². The lowest BCUT2D eigenvalue weighted by Gasteiger charge is -2.27. The molecular formula is C13H16N2O2. The van der Waals surface area contributed by atoms with E-state index in [4.69, 9.17) is 5.11 Å². The topological polar surface area (TPSA) is 52.6 Å². The van der Waals surface area contributed by atoms with E-state index in [9.17, 15) is 4.79 Å². The van der Waals surface area contributed by atoms with Crippen LogP contribution in [0.4, 0.5) is 5.69 Å². The second kappa shape index (κ2) is 3.23. The first-order valence-electron chi connectivity index (χ1n) is 5.85. The van der Waals surface area contributed by atoms with Crippen LogP contribution in [0, 0.1) is 0 Å². The second-order valence-corrected chi connectivity index (χ2v) is 5.21. The third kappa shape index (κ3) is 1.24. The molecular weight excluding hydrogens is 216 g/mol. The molecule has 0 unspecified atom stereocenters. The van der Waals surface area contributed by atoms with Gasteiger partial charge in [0.1, 0.15) is 6.04 Å². The van der Waals surface area contributed by atoms with Crippen molar-refractivity contribution in [2.24, 2.45) is 0 Å². The third-order valence-electron chi connectivity index (χ3n) is 4.18. The molecule has 0 amide bonds. The summed E-state index contributed by atoms with van der Waals surface area (Å²) in [7, 11) is 2.02. The van der Waals surface area contributed by atoms with Gasteiger partial charge in [-0.15, -0.1) is 0 Å². The third-order valence-corrected chi connectivity index (χ3v) is 4.18. The number of nitrogens with one attached hydrogen (secondary N) is 1. The largest absolute Gasteiger partial charge is 0.480 e. The molecule has 4 nitrogen and oxygen atoms in total. The van der Waals surface area contributed by atoms with Crippen molar-refractivity contribution in [1.29, 1.82) is 0 Å². The second-order valence-electron chi connectivity index (χ2n) is 5.21. The molecule has 2 aliphatic rings. The summed E-state index contributed by atoms with van der Waals surface area (Å²) in [5, 5.41) is 12.4. The number of para-hydroxylation sites is 1. The van der Waals surface area contributed by atoms with Crippen molar-refractivity contribution in [2.45, 2.75) is 31.0 Å². The average Bonchev–Trinajstić information content (AvgIpc) is 2.75. The Bertz CT molecular complexity index is 488. The summed E-state index contributed by atoms with van der Waals surface area (Å²) in [4.78, 5) is 13.3.